The van der Waals surface area contributed by atoms with Crippen molar-refractivity contribution in [2.75, 3.05) is 18.2 Å². The summed E-state index contributed by atoms with van der Waals surface area (Å²) in [6.45, 7) is 3.99. The monoisotopic (exact) mass is 415 g/mol. The molecule has 3 rings (SSSR count). The van der Waals surface area contributed by atoms with Crippen LogP contribution < -0.4 is 10.1 Å². The van der Waals surface area contributed by atoms with Gasteiger partial charge in [0.2, 0.25) is 5.89 Å². The normalized spacial score (nSPS) is 11.4. The molecule has 1 N–H and O–H groups in total. The van der Waals surface area contributed by atoms with Crippen LogP contribution in [0.25, 0.3) is 11.5 Å². The lowest BCUT2D eigenvalue weighted by Crippen LogP contribution is -2.20. The predicted octanol–water partition coefficient (Wildman–Crippen LogP) is 3.28. The summed E-state index contributed by atoms with van der Waals surface area (Å²) in [7, 11) is -3.29. The highest BCUT2D eigenvalue weighted by Crippen LogP contribution is 2.22. The van der Waals surface area contributed by atoms with E-state index in [1.54, 1.807) is 12.1 Å². The third-order valence-electron chi connectivity index (χ3n) is 4.12. The Balaban J connectivity index is 1.57. The first-order valence-corrected chi connectivity index (χ1v) is 10.8. The molecule has 2 aromatic carbocycles. The molecule has 0 saturated heterocycles. The summed E-state index contributed by atoms with van der Waals surface area (Å²) in [4.78, 5) is 12.2. The molecule has 0 aliphatic rings. The molecule has 0 aliphatic carbocycles. The number of nitrogens with zero attached hydrogens (tertiary/aromatic N) is 2. The Morgan fingerprint density at radius 2 is 1.72 bits per heavy atom. The number of hydrogen-bond acceptors (Lipinski definition) is 7. The number of nitrogens with one attached hydrogen (secondary N) is 1. The van der Waals surface area contributed by atoms with Gasteiger partial charge >= 0.3 is 6.01 Å². The largest absolute Gasteiger partial charge is 0.484 e. The summed E-state index contributed by atoms with van der Waals surface area (Å²) < 4.78 is 33.9. The highest BCUT2D eigenvalue weighted by Gasteiger charge is 2.13. The summed E-state index contributed by atoms with van der Waals surface area (Å²) >= 11 is 0. The molecule has 3 aromatic rings. The maximum Gasteiger partial charge on any atom is 0.322 e. The van der Waals surface area contributed by atoms with Crippen molar-refractivity contribution in [2.24, 2.45) is 0 Å². The number of amides is 1. The lowest BCUT2D eigenvalue weighted by Gasteiger charge is -2.08. The molecule has 29 heavy (non-hydrogen) atoms. The Kier molecular flexibility index (Phi) is 5.97. The van der Waals surface area contributed by atoms with Crippen LogP contribution >= 0.6 is 0 Å². The van der Waals surface area contributed by atoms with Crippen LogP contribution in [0.3, 0.4) is 0 Å². The SMILES string of the molecule is CC(C)c1ccc(OCC(=O)Nc2nnc(-c3ccc(S(C)(=O)=O)cc3)o2)cc1. The van der Waals surface area contributed by atoms with E-state index < -0.39 is 15.7 Å². The van der Waals surface area contributed by atoms with E-state index in [-0.39, 0.29) is 23.4 Å². The molecule has 0 spiro atoms. The van der Waals surface area contributed by atoms with Gasteiger partial charge in [0.1, 0.15) is 5.75 Å². The van der Waals surface area contributed by atoms with Gasteiger partial charge in [-0.05, 0) is 47.9 Å². The second kappa shape index (κ2) is 8.44. The molecule has 0 unspecified atom stereocenters. The molecular formula is C20H21N3O5S. The van der Waals surface area contributed by atoms with Crippen LogP contribution in [0.1, 0.15) is 25.3 Å². The van der Waals surface area contributed by atoms with E-state index in [2.05, 4.69) is 29.4 Å². The van der Waals surface area contributed by atoms with Crippen LogP contribution in [-0.2, 0) is 14.6 Å². The molecule has 1 amide bonds. The molecular weight excluding hydrogens is 394 g/mol. The number of aromatic nitrogens is 2. The summed E-state index contributed by atoms with van der Waals surface area (Å²) in [5.41, 5.74) is 1.72. The minimum Gasteiger partial charge on any atom is -0.484 e. The van der Waals surface area contributed by atoms with Crippen LogP contribution in [0.15, 0.2) is 57.8 Å². The van der Waals surface area contributed by atoms with E-state index in [4.69, 9.17) is 9.15 Å². The highest BCUT2D eigenvalue weighted by molar-refractivity contribution is 7.90. The summed E-state index contributed by atoms with van der Waals surface area (Å²) in [5.74, 6) is 0.717. The van der Waals surface area contributed by atoms with Crippen LogP contribution in [0.5, 0.6) is 5.75 Å². The van der Waals surface area contributed by atoms with Gasteiger partial charge in [-0.3, -0.25) is 10.1 Å². The quantitative estimate of drug-likeness (QED) is 0.630. The van der Waals surface area contributed by atoms with E-state index in [0.29, 0.717) is 17.2 Å². The number of rotatable bonds is 7. The standard InChI is InChI=1S/C20H21N3O5S/c1-13(2)14-4-8-16(9-5-14)27-12-18(24)21-20-23-22-19(28-20)15-6-10-17(11-7-15)29(3,25)26/h4-11,13H,12H2,1-3H3,(H,21,23,24). The van der Waals surface area contributed by atoms with Gasteiger partial charge in [-0.1, -0.05) is 31.1 Å². The van der Waals surface area contributed by atoms with Gasteiger partial charge in [-0.15, -0.1) is 5.10 Å². The summed E-state index contributed by atoms with van der Waals surface area (Å²) in [6.07, 6.45) is 1.13. The summed E-state index contributed by atoms with van der Waals surface area (Å²) in [5, 5.41) is 10.1. The van der Waals surface area contributed by atoms with Crippen molar-refractivity contribution in [1.82, 2.24) is 10.2 Å². The van der Waals surface area contributed by atoms with Gasteiger partial charge < -0.3 is 9.15 Å². The molecule has 0 aliphatic heterocycles. The second-order valence-corrected chi connectivity index (χ2v) is 8.79. The van der Waals surface area contributed by atoms with Crippen molar-refractivity contribution in [3.05, 3.63) is 54.1 Å². The first kappa shape index (κ1) is 20.5. The highest BCUT2D eigenvalue weighted by atomic mass is 32.2. The zero-order valence-electron chi connectivity index (χ0n) is 16.2. The molecule has 0 radical (unpaired) electrons. The molecule has 9 heteroatoms. The van der Waals surface area contributed by atoms with Crippen molar-refractivity contribution < 1.29 is 22.4 Å². The zero-order chi connectivity index (χ0) is 21.0. The smallest absolute Gasteiger partial charge is 0.322 e. The Labute approximate surface area is 168 Å². The third-order valence-corrected chi connectivity index (χ3v) is 5.25. The van der Waals surface area contributed by atoms with Gasteiger partial charge in [0.05, 0.1) is 4.90 Å². The van der Waals surface area contributed by atoms with Gasteiger partial charge in [-0.2, -0.15) is 0 Å². The van der Waals surface area contributed by atoms with Crippen molar-refractivity contribution in [1.29, 1.82) is 0 Å². The molecule has 1 aromatic heterocycles. The Morgan fingerprint density at radius 1 is 1.07 bits per heavy atom. The third kappa shape index (κ3) is 5.41. The van der Waals surface area contributed by atoms with Gasteiger partial charge in [0, 0.05) is 11.8 Å². The van der Waals surface area contributed by atoms with Crippen LogP contribution in [0.2, 0.25) is 0 Å². The van der Waals surface area contributed by atoms with E-state index in [9.17, 15) is 13.2 Å². The molecule has 0 saturated carbocycles. The Morgan fingerprint density at radius 3 is 2.31 bits per heavy atom. The Bertz CT molecular complexity index is 1090. The van der Waals surface area contributed by atoms with Gasteiger partial charge in [0.25, 0.3) is 5.91 Å². The van der Waals surface area contributed by atoms with E-state index in [1.807, 2.05) is 24.3 Å². The Hall–Kier alpha value is -3.20. The zero-order valence-corrected chi connectivity index (χ0v) is 17.1. The minimum atomic E-state index is -3.29. The van der Waals surface area contributed by atoms with Crippen LogP contribution in [-0.4, -0.2) is 37.4 Å². The fourth-order valence-corrected chi connectivity index (χ4v) is 3.12. The van der Waals surface area contributed by atoms with Crippen molar-refractivity contribution >= 4 is 21.8 Å². The number of hydrogen-bond donors (Lipinski definition) is 1. The van der Waals surface area contributed by atoms with Crippen molar-refractivity contribution in [2.45, 2.75) is 24.7 Å². The first-order valence-electron chi connectivity index (χ1n) is 8.89. The summed E-state index contributed by atoms with van der Waals surface area (Å²) in [6, 6.07) is 13.5. The fraction of sp³-hybridized carbons (Fsp3) is 0.250. The van der Waals surface area contributed by atoms with Gasteiger partial charge in [-0.25, -0.2) is 8.42 Å². The number of anilines is 1. The number of sulfone groups is 1. The van der Waals surface area contributed by atoms with Crippen LogP contribution in [0.4, 0.5) is 6.01 Å². The number of carbonyl (C=O) groups is 1. The van der Waals surface area contributed by atoms with Crippen LogP contribution in [0, 0.1) is 0 Å². The maximum absolute atomic E-state index is 12.0. The second-order valence-electron chi connectivity index (χ2n) is 6.77. The lowest BCUT2D eigenvalue weighted by atomic mass is 10.0. The first-order chi connectivity index (χ1) is 13.7. The fourth-order valence-electron chi connectivity index (χ4n) is 2.49. The molecule has 1 heterocycles. The molecule has 0 bridgehead atoms. The molecule has 8 nitrogen and oxygen atoms in total. The number of benzene rings is 2. The number of ether oxygens (including phenoxy) is 1. The molecule has 152 valence electrons. The minimum absolute atomic E-state index is 0.0732. The van der Waals surface area contributed by atoms with Gasteiger partial charge in [0.15, 0.2) is 16.4 Å². The lowest BCUT2D eigenvalue weighted by molar-refractivity contribution is -0.118. The van der Waals surface area contributed by atoms with Crippen molar-refractivity contribution in [3.63, 3.8) is 0 Å². The topological polar surface area (TPSA) is 111 Å². The predicted molar refractivity (Wildman–Crippen MR) is 107 cm³/mol. The van der Waals surface area contributed by atoms with Crippen molar-refractivity contribution in [3.8, 4) is 17.2 Å². The number of carbonyl (C=O) groups excluding carboxylic acids is 1. The van der Waals surface area contributed by atoms with E-state index in [1.165, 1.54) is 17.7 Å². The average Bonchev–Trinajstić information content (AvgIpc) is 3.14. The molecule has 0 fully saturated rings. The van der Waals surface area contributed by atoms with E-state index >= 15 is 0 Å². The maximum atomic E-state index is 12.0. The average molecular weight is 415 g/mol. The van der Waals surface area contributed by atoms with E-state index in [0.717, 1.165) is 6.26 Å². The molecule has 0 atom stereocenters.